The standard InChI is InChI=1S/C26H26F3N3O2/c1-14-7-15(9-17(30)8-14)19-5-6-31-13-16(19)10-24(33)23-4-3-20(27)26(32-23)25-21(28)11-18(34-2)12-22(25)29/h3-6,11-15,17H,7-10,30H2,1-2H3/t14-,15+,17-/m0/s1. The number of ketones is 1. The molecule has 1 aliphatic rings. The van der Waals surface area contributed by atoms with Gasteiger partial charge in [-0.1, -0.05) is 6.92 Å². The van der Waals surface area contributed by atoms with Crippen LogP contribution < -0.4 is 10.5 Å². The predicted molar refractivity (Wildman–Crippen MR) is 122 cm³/mol. The van der Waals surface area contributed by atoms with Crippen molar-refractivity contribution in [3.63, 3.8) is 0 Å². The zero-order valence-corrected chi connectivity index (χ0v) is 19.0. The quantitative estimate of drug-likeness (QED) is 0.501. The molecule has 0 unspecified atom stereocenters. The smallest absolute Gasteiger partial charge is 0.185 e. The second-order valence-corrected chi connectivity index (χ2v) is 8.94. The summed E-state index contributed by atoms with van der Waals surface area (Å²) in [5, 5.41) is 0. The van der Waals surface area contributed by atoms with Gasteiger partial charge >= 0.3 is 0 Å². The lowest BCUT2D eigenvalue weighted by Gasteiger charge is -2.32. The Hall–Kier alpha value is -3.26. The molecule has 4 rings (SSSR count). The summed E-state index contributed by atoms with van der Waals surface area (Å²) >= 11 is 0. The van der Waals surface area contributed by atoms with Crippen LogP contribution in [0.15, 0.2) is 42.7 Å². The molecule has 0 spiro atoms. The van der Waals surface area contributed by atoms with Crippen LogP contribution in [0.4, 0.5) is 13.2 Å². The summed E-state index contributed by atoms with van der Waals surface area (Å²) in [5.41, 5.74) is 6.68. The molecule has 34 heavy (non-hydrogen) atoms. The Labute approximate surface area is 196 Å². The molecule has 8 heteroatoms. The van der Waals surface area contributed by atoms with Gasteiger partial charge in [0.2, 0.25) is 0 Å². The van der Waals surface area contributed by atoms with Gasteiger partial charge in [0.05, 0.1) is 12.7 Å². The molecule has 178 valence electrons. The van der Waals surface area contributed by atoms with Crippen LogP contribution in [0.1, 0.15) is 53.7 Å². The molecule has 0 saturated heterocycles. The highest BCUT2D eigenvalue weighted by Gasteiger charge is 2.28. The Morgan fingerprint density at radius 3 is 2.50 bits per heavy atom. The van der Waals surface area contributed by atoms with Crippen LogP contribution >= 0.6 is 0 Å². The minimum absolute atomic E-state index is 0.0189. The highest BCUT2D eigenvalue weighted by molar-refractivity contribution is 5.96. The number of ether oxygens (including phenoxy) is 1. The van der Waals surface area contributed by atoms with Gasteiger partial charge in [0.1, 0.15) is 34.6 Å². The fourth-order valence-corrected chi connectivity index (χ4v) is 4.82. The van der Waals surface area contributed by atoms with Crippen molar-refractivity contribution in [3.8, 4) is 17.0 Å². The zero-order chi connectivity index (χ0) is 24.4. The van der Waals surface area contributed by atoms with Crippen LogP contribution in [0, 0.1) is 23.4 Å². The van der Waals surface area contributed by atoms with Gasteiger partial charge in [-0.15, -0.1) is 0 Å². The number of methoxy groups -OCH3 is 1. The normalized spacial score (nSPS) is 20.2. The molecular weight excluding hydrogens is 443 g/mol. The van der Waals surface area contributed by atoms with Crippen LogP contribution in [0.25, 0.3) is 11.3 Å². The van der Waals surface area contributed by atoms with Gasteiger partial charge in [0.25, 0.3) is 0 Å². The second kappa shape index (κ2) is 9.93. The Morgan fingerprint density at radius 1 is 1.09 bits per heavy atom. The van der Waals surface area contributed by atoms with Crippen LogP contribution in [0.3, 0.4) is 0 Å². The lowest BCUT2D eigenvalue weighted by molar-refractivity contribution is 0.0987. The number of hydrogen-bond donors (Lipinski definition) is 1. The first-order valence-corrected chi connectivity index (χ1v) is 11.2. The minimum Gasteiger partial charge on any atom is -0.497 e. The predicted octanol–water partition coefficient (Wildman–Crippen LogP) is 5.23. The number of Topliss-reactive ketones (excluding diaryl/α,β-unsaturated/α-hetero) is 1. The molecule has 0 aliphatic heterocycles. The maximum absolute atomic E-state index is 14.5. The van der Waals surface area contributed by atoms with Crippen LogP contribution in [-0.2, 0) is 6.42 Å². The van der Waals surface area contributed by atoms with Crippen molar-refractivity contribution in [2.45, 2.75) is 44.6 Å². The van der Waals surface area contributed by atoms with Crippen molar-refractivity contribution < 1.29 is 22.7 Å². The number of nitrogens with two attached hydrogens (primary N) is 1. The van der Waals surface area contributed by atoms with Crippen LogP contribution in [-0.4, -0.2) is 28.9 Å². The Kier molecular flexibility index (Phi) is 6.97. The van der Waals surface area contributed by atoms with Gasteiger partial charge in [-0.25, -0.2) is 18.2 Å². The van der Waals surface area contributed by atoms with E-state index in [0.717, 1.165) is 48.6 Å². The highest BCUT2D eigenvalue weighted by Crippen LogP contribution is 2.37. The van der Waals surface area contributed by atoms with Crippen molar-refractivity contribution in [2.24, 2.45) is 11.7 Å². The largest absolute Gasteiger partial charge is 0.497 e. The van der Waals surface area contributed by atoms with E-state index in [-0.39, 0.29) is 29.8 Å². The van der Waals surface area contributed by atoms with Gasteiger partial charge in [-0.2, -0.15) is 0 Å². The summed E-state index contributed by atoms with van der Waals surface area (Å²) < 4.78 is 48.4. The molecule has 1 aromatic carbocycles. The number of benzene rings is 1. The van der Waals surface area contributed by atoms with Gasteiger partial charge < -0.3 is 10.5 Å². The molecule has 1 saturated carbocycles. The summed E-state index contributed by atoms with van der Waals surface area (Å²) in [4.78, 5) is 21.3. The zero-order valence-electron chi connectivity index (χ0n) is 19.0. The molecule has 1 fully saturated rings. The fourth-order valence-electron chi connectivity index (χ4n) is 4.82. The molecule has 2 heterocycles. The van der Waals surface area contributed by atoms with Crippen molar-refractivity contribution in [3.05, 3.63) is 77.0 Å². The first-order chi connectivity index (χ1) is 16.3. The van der Waals surface area contributed by atoms with Crippen LogP contribution in [0.2, 0.25) is 0 Å². The maximum Gasteiger partial charge on any atom is 0.185 e. The molecule has 0 bridgehead atoms. The summed E-state index contributed by atoms with van der Waals surface area (Å²) in [5.74, 6) is -2.78. The maximum atomic E-state index is 14.5. The molecule has 3 aromatic rings. The Morgan fingerprint density at radius 2 is 1.82 bits per heavy atom. The van der Waals surface area contributed by atoms with E-state index >= 15 is 0 Å². The van der Waals surface area contributed by atoms with Crippen LogP contribution in [0.5, 0.6) is 5.75 Å². The van der Waals surface area contributed by atoms with Gasteiger partial charge in [0.15, 0.2) is 5.78 Å². The third-order valence-corrected chi connectivity index (χ3v) is 6.33. The molecule has 1 aliphatic carbocycles. The van der Waals surface area contributed by atoms with E-state index in [0.29, 0.717) is 5.92 Å². The number of nitrogens with zero attached hydrogens (tertiary/aromatic N) is 2. The summed E-state index contributed by atoms with van der Waals surface area (Å²) in [6.07, 6.45) is 6.08. The van der Waals surface area contributed by atoms with E-state index < -0.39 is 34.5 Å². The monoisotopic (exact) mass is 469 g/mol. The summed E-state index contributed by atoms with van der Waals surface area (Å²) in [6, 6.07) is 6.09. The van der Waals surface area contributed by atoms with Gasteiger partial charge in [-0.05, 0) is 60.4 Å². The second-order valence-electron chi connectivity index (χ2n) is 8.94. The van der Waals surface area contributed by atoms with E-state index in [9.17, 15) is 18.0 Å². The number of aromatic nitrogens is 2. The molecule has 5 nitrogen and oxygen atoms in total. The SMILES string of the molecule is COc1cc(F)c(-c2nc(C(=O)Cc3cnccc3[C@@H]3C[C@H](C)C[C@H](N)C3)ccc2F)c(F)c1. The number of halogens is 3. The summed E-state index contributed by atoms with van der Waals surface area (Å²) in [6.45, 7) is 2.17. The van der Waals surface area contributed by atoms with Crippen molar-refractivity contribution in [2.75, 3.05) is 7.11 Å². The average Bonchev–Trinajstić information content (AvgIpc) is 2.79. The van der Waals surface area contributed by atoms with Crippen molar-refractivity contribution >= 4 is 5.78 Å². The van der Waals surface area contributed by atoms with E-state index in [4.69, 9.17) is 10.5 Å². The van der Waals surface area contributed by atoms with E-state index in [1.54, 1.807) is 12.4 Å². The minimum atomic E-state index is -1.04. The number of hydrogen-bond acceptors (Lipinski definition) is 5. The lowest BCUT2D eigenvalue weighted by atomic mass is 9.75. The Bertz CT molecular complexity index is 1180. The third kappa shape index (κ3) is 4.97. The lowest BCUT2D eigenvalue weighted by Crippen LogP contribution is -2.31. The average molecular weight is 470 g/mol. The van der Waals surface area contributed by atoms with Gasteiger partial charge in [-0.3, -0.25) is 9.78 Å². The Balaban J connectivity index is 1.64. The first-order valence-electron chi connectivity index (χ1n) is 11.2. The number of pyridine rings is 2. The molecule has 2 aromatic heterocycles. The summed E-state index contributed by atoms with van der Waals surface area (Å²) in [7, 11) is 1.26. The molecule has 0 radical (unpaired) electrons. The highest BCUT2D eigenvalue weighted by atomic mass is 19.1. The fraction of sp³-hybridized carbons (Fsp3) is 0.346. The van der Waals surface area contributed by atoms with Crippen molar-refractivity contribution in [1.82, 2.24) is 9.97 Å². The molecule has 0 amide bonds. The number of carbonyl (C=O) groups is 1. The number of carbonyl (C=O) groups excluding carboxylic acids is 1. The van der Waals surface area contributed by atoms with E-state index in [1.807, 2.05) is 6.07 Å². The third-order valence-electron chi connectivity index (χ3n) is 6.33. The molecule has 3 atom stereocenters. The topological polar surface area (TPSA) is 78.1 Å². The van der Waals surface area contributed by atoms with E-state index in [1.165, 1.54) is 13.2 Å². The van der Waals surface area contributed by atoms with Gasteiger partial charge in [0, 0.05) is 37.0 Å². The molecule has 2 N–H and O–H groups in total. The van der Waals surface area contributed by atoms with E-state index in [2.05, 4.69) is 16.9 Å². The number of rotatable bonds is 6. The first kappa shape index (κ1) is 23.9. The molecular formula is C26H26F3N3O2. The van der Waals surface area contributed by atoms with Crippen molar-refractivity contribution in [1.29, 1.82) is 0 Å².